The van der Waals surface area contributed by atoms with Crippen molar-refractivity contribution in [2.24, 2.45) is 0 Å². The molecule has 0 amide bonds. The molecule has 2 aromatic carbocycles. The highest BCUT2D eigenvalue weighted by atomic mass is 35.5. The fraction of sp³-hybridized carbons (Fsp3) is 0.333. The molecule has 34 heavy (non-hydrogen) atoms. The summed E-state index contributed by atoms with van der Waals surface area (Å²) in [4.78, 5) is 26.6. The van der Waals surface area contributed by atoms with Crippen molar-refractivity contribution in [3.8, 4) is 0 Å². The van der Waals surface area contributed by atoms with E-state index in [0.717, 1.165) is 11.3 Å². The van der Waals surface area contributed by atoms with Gasteiger partial charge in [-0.25, -0.2) is 9.18 Å². The van der Waals surface area contributed by atoms with E-state index in [0.29, 0.717) is 46.9 Å². The highest BCUT2D eigenvalue weighted by Gasteiger charge is 2.41. The molecule has 0 spiro atoms. The molecule has 2 aromatic rings. The molecule has 178 valence electrons. The molecule has 4 rings (SSSR count). The second-order valence-corrected chi connectivity index (χ2v) is 8.89. The van der Waals surface area contributed by atoms with Gasteiger partial charge in [0.1, 0.15) is 12.4 Å². The molecule has 2 atom stereocenters. The quantitative estimate of drug-likeness (QED) is 0.421. The first-order valence-corrected chi connectivity index (χ1v) is 11.8. The van der Waals surface area contributed by atoms with Crippen LogP contribution in [0.4, 0.5) is 4.39 Å². The maximum Gasteiger partial charge on any atom is 0.336 e. The molecular weight excluding hydrogens is 457 g/mol. The predicted molar refractivity (Wildman–Crippen MR) is 128 cm³/mol. The van der Waals surface area contributed by atoms with E-state index in [-0.39, 0.29) is 24.9 Å². The molecule has 1 aliphatic heterocycles. The first kappa shape index (κ1) is 24.2. The van der Waals surface area contributed by atoms with E-state index in [4.69, 9.17) is 21.1 Å². The summed E-state index contributed by atoms with van der Waals surface area (Å²) in [6.45, 7) is 4.54. The zero-order chi connectivity index (χ0) is 24.2. The second kappa shape index (κ2) is 10.5. The SMILES string of the molecule is CCOCCOC(=O)C1=C(C)NC2=C(C(=O)C[C@H](c3ccc(Cl)cc3)C2)[C@H]1c1cccc(F)c1. The molecule has 7 heteroatoms. The zero-order valence-corrected chi connectivity index (χ0v) is 20.0. The van der Waals surface area contributed by atoms with Gasteiger partial charge < -0.3 is 14.8 Å². The first-order chi connectivity index (χ1) is 16.4. The lowest BCUT2D eigenvalue weighted by atomic mass is 9.71. The number of carbonyl (C=O) groups is 2. The summed E-state index contributed by atoms with van der Waals surface area (Å²) in [6, 6.07) is 13.5. The number of ketones is 1. The van der Waals surface area contributed by atoms with Crippen molar-refractivity contribution in [2.45, 2.75) is 38.5 Å². The predicted octanol–water partition coefficient (Wildman–Crippen LogP) is 5.42. The molecule has 0 fully saturated rings. The normalized spacial score (nSPS) is 20.2. The fourth-order valence-corrected chi connectivity index (χ4v) is 4.84. The molecule has 1 N–H and O–H groups in total. The average molecular weight is 484 g/mol. The Morgan fingerprint density at radius 2 is 1.88 bits per heavy atom. The van der Waals surface area contributed by atoms with Crippen LogP contribution in [0.15, 0.2) is 71.1 Å². The van der Waals surface area contributed by atoms with Gasteiger partial charge in [0.25, 0.3) is 0 Å². The number of rotatable bonds is 7. The Morgan fingerprint density at radius 3 is 2.59 bits per heavy atom. The number of hydrogen-bond acceptors (Lipinski definition) is 5. The largest absolute Gasteiger partial charge is 0.460 e. The minimum absolute atomic E-state index is 0.0170. The third kappa shape index (κ3) is 5.08. The Balaban J connectivity index is 1.71. The van der Waals surface area contributed by atoms with Crippen LogP contribution >= 0.6 is 11.6 Å². The summed E-state index contributed by atoms with van der Waals surface area (Å²) in [7, 11) is 0. The number of carbonyl (C=O) groups excluding carboxylic acids is 2. The van der Waals surface area contributed by atoms with Crippen molar-refractivity contribution in [1.82, 2.24) is 5.32 Å². The summed E-state index contributed by atoms with van der Waals surface area (Å²) in [5.74, 6) is -1.77. The maximum absolute atomic E-state index is 14.2. The first-order valence-electron chi connectivity index (χ1n) is 11.4. The number of ether oxygens (including phenoxy) is 2. The lowest BCUT2D eigenvalue weighted by Crippen LogP contribution is -2.36. The Bertz CT molecular complexity index is 1160. The van der Waals surface area contributed by atoms with Crippen LogP contribution < -0.4 is 5.32 Å². The molecule has 0 unspecified atom stereocenters. The molecule has 5 nitrogen and oxygen atoms in total. The number of allylic oxidation sites excluding steroid dienone is 3. The summed E-state index contributed by atoms with van der Waals surface area (Å²) in [5, 5.41) is 3.93. The van der Waals surface area contributed by atoms with Gasteiger partial charge in [-0.3, -0.25) is 4.79 Å². The smallest absolute Gasteiger partial charge is 0.336 e. The Morgan fingerprint density at radius 1 is 1.12 bits per heavy atom. The molecule has 0 radical (unpaired) electrons. The van der Waals surface area contributed by atoms with Crippen LogP contribution in [-0.2, 0) is 19.1 Å². The van der Waals surface area contributed by atoms with Gasteiger partial charge >= 0.3 is 5.97 Å². The van der Waals surface area contributed by atoms with Gasteiger partial charge in [-0.15, -0.1) is 0 Å². The van der Waals surface area contributed by atoms with Crippen LogP contribution in [0.5, 0.6) is 0 Å². The van der Waals surface area contributed by atoms with Crippen molar-refractivity contribution in [3.05, 3.63) is 93.0 Å². The van der Waals surface area contributed by atoms with E-state index >= 15 is 0 Å². The monoisotopic (exact) mass is 483 g/mol. The van der Waals surface area contributed by atoms with Crippen molar-refractivity contribution < 1.29 is 23.5 Å². The van der Waals surface area contributed by atoms with E-state index in [1.54, 1.807) is 19.1 Å². The number of nitrogens with one attached hydrogen (secondary N) is 1. The summed E-state index contributed by atoms with van der Waals surface area (Å²) >= 11 is 6.03. The third-order valence-corrected chi connectivity index (χ3v) is 6.49. The molecule has 0 aromatic heterocycles. The van der Waals surface area contributed by atoms with Crippen LogP contribution in [0.3, 0.4) is 0 Å². The summed E-state index contributed by atoms with van der Waals surface area (Å²) in [6.07, 6.45) is 0.887. The Hall–Kier alpha value is -2.96. The number of Topliss-reactive ketones (excluding diaryl/α,β-unsaturated/α-hetero) is 1. The van der Waals surface area contributed by atoms with Crippen molar-refractivity contribution in [3.63, 3.8) is 0 Å². The second-order valence-electron chi connectivity index (χ2n) is 8.46. The number of esters is 1. The number of benzene rings is 2. The van der Waals surface area contributed by atoms with Crippen LogP contribution in [0.2, 0.25) is 5.02 Å². The topological polar surface area (TPSA) is 64.6 Å². The van der Waals surface area contributed by atoms with E-state index in [1.165, 1.54) is 12.1 Å². The lowest BCUT2D eigenvalue weighted by Gasteiger charge is -2.36. The fourth-order valence-electron chi connectivity index (χ4n) is 4.72. The van der Waals surface area contributed by atoms with E-state index in [2.05, 4.69) is 5.32 Å². The summed E-state index contributed by atoms with van der Waals surface area (Å²) < 4.78 is 24.9. The van der Waals surface area contributed by atoms with E-state index in [9.17, 15) is 14.0 Å². The molecular formula is C27H27ClFNO4. The highest BCUT2D eigenvalue weighted by molar-refractivity contribution is 6.30. The van der Waals surface area contributed by atoms with Gasteiger partial charge in [0, 0.05) is 40.9 Å². The van der Waals surface area contributed by atoms with Gasteiger partial charge in [-0.1, -0.05) is 35.9 Å². The van der Waals surface area contributed by atoms with Gasteiger partial charge in [-0.2, -0.15) is 0 Å². The van der Waals surface area contributed by atoms with Crippen molar-refractivity contribution in [2.75, 3.05) is 19.8 Å². The third-order valence-electron chi connectivity index (χ3n) is 6.24. The van der Waals surface area contributed by atoms with Crippen LogP contribution in [0.25, 0.3) is 0 Å². The Labute approximate surface area is 203 Å². The van der Waals surface area contributed by atoms with Gasteiger partial charge in [0.15, 0.2) is 5.78 Å². The van der Waals surface area contributed by atoms with Crippen molar-refractivity contribution >= 4 is 23.4 Å². The maximum atomic E-state index is 14.2. The number of hydrogen-bond donors (Lipinski definition) is 1. The number of halogens is 2. The highest BCUT2D eigenvalue weighted by Crippen LogP contribution is 2.45. The molecule has 1 aliphatic carbocycles. The lowest BCUT2D eigenvalue weighted by molar-refractivity contribution is -0.140. The van der Waals surface area contributed by atoms with Crippen LogP contribution in [0, 0.1) is 5.82 Å². The molecule has 0 saturated heterocycles. The Kier molecular flexibility index (Phi) is 7.49. The minimum atomic E-state index is -0.704. The summed E-state index contributed by atoms with van der Waals surface area (Å²) in [5.41, 5.74) is 3.74. The van der Waals surface area contributed by atoms with E-state index < -0.39 is 17.7 Å². The average Bonchev–Trinajstić information content (AvgIpc) is 2.81. The van der Waals surface area contributed by atoms with Crippen LogP contribution in [-0.4, -0.2) is 31.6 Å². The molecule has 0 bridgehead atoms. The number of dihydropyridines is 1. The minimum Gasteiger partial charge on any atom is -0.460 e. The van der Waals surface area contributed by atoms with E-state index in [1.807, 2.05) is 31.2 Å². The van der Waals surface area contributed by atoms with Gasteiger partial charge in [0.05, 0.1) is 12.2 Å². The standard InChI is InChI=1S/C27H27ClFNO4/c1-3-33-11-12-34-27(32)24-16(2)30-22-14-19(17-7-9-20(28)10-8-17)15-23(31)26(22)25(24)18-5-4-6-21(29)13-18/h4-10,13,19,25,30H,3,11-12,14-15H2,1-2H3/t19-,25+/m1/s1. The van der Waals surface area contributed by atoms with Gasteiger partial charge in [-0.05, 0) is 61.6 Å². The van der Waals surface area contributed by atoms with Gasteiger partial charge in [0.2, 0.25) is 0 Å². The van der Waals surface area contributed by atoms with Crippen molar-refractivity contribution in [1.29, 1.82) is 0 Å². The zero-order valence-electron chi connectivity index (χ0n) is 19.2. The molecule has 2 aliphatic rings. The molecule has 0 saturated carbocycles. The van der Waals surface area contributed by atoms with Crippen LogP contribution in [0.1, 0.15) is 49.7 Å². The molecule has 1 heterocycles.